The fourth-order valence-corrected chi connectivity index (χ4v) is 4.65. The van der Waals surface area contributed by atoms with E-state index in [2.05, 4.69) is 39.9 Å². The maximum absolute atomic E-state index is 5.46. The first-order valence-electron chi connectivity index (χ1n) is 10.9. The van der Waals surface area contributed by atoms with Gasteiger partial charge < -0.3 is 20.9 Å². The summed E-state index contributed by atoms with van der Waals surface area (Å²) in [5, 5.41) is 10.9. The zero-order chi connectivity index (χ0) is 20.9. The topological polar surface area (TPSA) is 78.0 Å². The van der Waals surface area contributed by atoms with Gasteiger partial charge >= 0.3 is 0 Å². The van der Waals surface area contributed by atoms with E-state index in [4.69, 9.17) is 22.2 Å². The molecule has 0 aliphatic heterocycles. The van der Waals surface area contributed by atoms with E-state index < -0.39 is 0 Å². The van der Waals surface area contributed by atoms with E-state index in [0.717, 1.165) is 56.0 Å². The van der Waals surface area contributed by atoms with Gasteiger partial charge in [-0.3, -0.25) is 4.98 Å². The number of fused-ring (bicyclic) bond motifs is 1. The maximum atomic E-state index is 5.46. The number of aryl methyl sites for hydroxylation is 1. The van der Waals surface area contributed by atoms with Crippen molar-refractivity contribution in [1.29, 1.82) is 0 Å². The van der Waals surface area contributed by atoms with Crippen LogP contribution in [0.5, 0.6) is 0 Å². The monoisotopic (exact) mass is 425 g/mol. The van der Waals surface area contributed by atoms with Crippen molar-refractivity contribution in [3.05, 3.63) is 35.8 Å². The van der Waals surface area contributed by atoms with Gasteiger partial charge in [0.15, 0.2) is 5.11 Å². The van der Waals surface area contributed by atoms with Crippen LogP contribution in [0.3, 0.4) is 0 Å². The lowest BCUT2D eigenvalue weighted by Crippen LogP contribution is -2.42. The maximum Gasteiger partial charge on any atom is 0.225 e. The van der Waals surface area contributed by atoms with Crippen LogP contribution in [0.2, 0.25) is 0 Å². The lowest BCUT2D eigenvalue weighted by atomic mass is 9.91. The molecule has 1 fully saturated rings. The minimum Gasteiger partial charge on any atom is -0.362 e. The molecule has 0 radical (unpaired) electrons. The van der Waals surface area contributed by atoms with Crippen LogP contribution in [0.15, 0.2) is 24.5 Å². The molecule has 7 nitrogen and oxygen atoms in total. The fourth-order valence-electron chi connectivity index (χ4n) is 4.36. The zero-order valence-corrected chi connectivity index (χ0v) is 18.6. The first kappa shape index (κ1) is 20.8. The number of hydrogen-bond acceptors (Lipinski definition) is 6. The Morgan fingerprint density at radius 2 is 1.83 bits per heavy atom. The average Bonchev–Trinajstić information content (AvgIpc) is 2.75. The molecule has 2 aromatic heterocycles. The summed E-state index contributed by atoms with van der Waals surface area (Å²) in [6, 6.07) is 4.65. The number of anilines is 3. The minimum atomic E-state index is 0.390. The van der Waals surface area contributed by atoms with E-state index in [1.165, 1.54) is 24.1 Å². The third-order valence-corrected chi connectivity index (χ3v) is 6.12. The number of nitrogens with one attached hydrogen (secondary N) is 3. The Bertz CT molecular complexity index is 863. The highest BCUT2D eigenvalue weighted by molar-refractivity contribution is 7.80. The van der Waals surface area contributed by atoms with Gasteiger partial charge in [-0.25, -0.2) is 4.98 Å². The lowest BCUT2D eigenvalue weighted by Gasteiger charge is -2.31. The highest BCUT2D eigenvalue weighted by atomic mass is 32.1. The Kier molecular flexibility index (Phi) is 6.62. The van der Waals surface area contributed by atoms with Crippen molar-refractivity contribution in [2.75, 3.05) is 29.6 Å². The van der Waals surface area contributed by atoms with Crippen molar-refractivity contribution >= 4 is 34.8 Å². The quantitative estimate of drug-likeness (QED) is 0.628. The Morgan fingerprint density at radius 1 is 1.07 bits per heavy atom. The Labute approximate surface area is 184 Å². The van der Waals surface area contributed by atoms with Crippen LogP contribution in [0.4, 0.5) is 17.5 Å². The molecule has 0 aromatic carbocycles. The summed E-state index contributed by atoms with van der Waals surface area (Å²) in [7, 11) is 4.14. The SMILES string of the molecule is CN(C)c1nc(NC2CCC(NC(=S)Nc3cccnc3)CC2)nc2c1CCCC2. The summed E-state index contributed by atoms with van der Waals surface area (Å²) in [5.74, 6) is 1.86. The van der Waals surface area contributed by atoms with E-state index in [1.54, 1.807) is 12.4 Å². The Hall–Kier alpha value is -2.48. The summed E-state index contributed by atoms with van der Waals surface area (Å²) in [6.07, 6.45) is 12.4. The van der Waals surface area contributed by atoms with Gasteiger partial charge in [-0.1, -0.05) is 0 Å². The summed E-state index contributed by atoms with van der Waals surface area (Å²) in [4.78, 5) is 15.9. The van der Waals surface area contributed by atoms with Crippen molar-refractivity contribution in [1.82, 2.24) is 20.3 Å². The molecule has 160 valence electrons. The molecule has 0 atom stereocenters. The van der Waals surface area contributed by atoms with Gasteiger partial charge in [0.1, 0.15) is 5.82 Å². The number of pyridine rings is 1. The number of aromatic nitrogens is 3. The molecule has 2 aromatic rings. The second-order valence-electron chi connectivity index (χ2n) is 8.43. The summed E-state index contributed by atoms with van der Waals surface area (Å²) < 4.78 is 0. The second-order valence-corrected chi connectivity index (χ2v) is 8.84. The van der Waals surface area contributed by atoms with Gasteiger partial charge in [0.25, 0.3) is 0 Å². The molecule has 2 aliphatic rings. The smallest absolute Gasteiger partial charge is 0.225 e. The van der Waals surface area contributed by atoms with E-state index in [1.807, 2.05) is 12.1 Å². The largest absolute Gasteiger partial charge is 0.362 e. The second kappa shape index (κ2) is 9.55. The van der Waals surface area contributed by atoms with Crippen molar-refractivity contribution in [3.63, 3.8) is 0 Å². The van der Waals surface area contributed by atoms with Gasteiger partial charge in [0.05, 0.1) is 17.6 Å². The number of hydrogen-bond donors (Lipinski definition) is 3. The molecule has 8 heteroatoms. The van der Waals surface area contributed by atoms with Gasteiger partial charge in [0, 0.05) is 37.9 Å². The molecule has 0 saturated heterocycles. The molecule has 0 amide bonds. The molecule has 2 aliphatic carbocycles. The number of nitrogens with zero attached hydrogens (tertiary/aromatic N) is 4. The van der Waals surface area contributed by atoms with Crippen LogP contribution in [0, 0.1) is 0 Å². The summed E-state index contributed by atoms with van der Waals surface area (Å²) in [5.41, 5.74) is 3.47. The molecule has 4 rings (SSSR count). The van der Waals surface area contributed by atoms with Crippen molar-refractivity contribution in [2.45, 2.75) is 63.5 Å². The van der Waals surface area contributed by atoms with E-state index in [9.17, 15) is 0 Å². The minimum absolute atomic E-state index is 0.390. The Morgan fingerprint density at radius 3 is 2.57 bits per heavy atom. The molecular weight excluding hydrogens is 394 g/mol. The van der Waals surface area contributed by atoms with Gasteiger partial charge in [-0.15, -0.1) is 0 Å². The van der Waals surface area contributed by atoms with Crippen molar-refractivity contribution < 1.29 is 0 Å². The van der Waals surface area contributed by atoms with E-state index in [-0.39, 0.29) is 0 Å². The van der Waals surface area contributed by atoms with Crippen LogP contribution < -0.4 is 20.9 Å². The molecule has 0 spiro atoms. The molecule has 3 N–H and O–H groups in total. The first-order chi connectivity index (χ1) is 14.6. The highest BCUT2D eigenvalue weighted by Gasteiger charge is 2.24. The van der Waals surface area contributed by atoms with Crippen molar-refractivity contribution in [3.8, 4) is 0 Å². The van der Waals surface area contributed by atoms with Gasteiger partial charge in [-0.2, -0.15) is 4.98 Å². The van der Waals surface area contributed by atoms with Crippen molar-refractivity contribution in [2.24, 2.45) is 0 Å². The molecule has 0 bridgehead atoms. The highest BCUT2D eigenvalue weighted by Crippen LogP contribution is 2.29. The molecule has 0 unspecified atom stereocenters. The molecule has 2 heterocycles. The Balaban J connectivity index is 1.30. The normalized spacial score (nSPS) is 20.7. The predicted octanol–water partition coefficient (Wildman–Crippen LogP) is 3.53. The third kappa shape index (κ3) is 5.16. The fraction of sp³-hybridized carbons (Fsp3) is 0.545. The lowest BCUT2D eigenvalue weighted by molar-refractivity contribution is 0.387. The number of thiocarbonyl (C=S) groups is 1. The predicted molar refractivity (Wildman–Crippen MR) is 126 cm³/mol. The van der Waals surface area contributed by atoms with Gasteiger partial charge in [0.2, 0.25) is 5.95 Å². The van der Waals surface area contributed by atoms with Gasteiger partial charge in [-0.05, 0) is 75.7 Å². The van der Waals surface area contributed by atoms with E-state index in [0.29, 0.717) is 17.2 Å². The molecule has 1 saturated carbocycles. The van der Waals surface area contributed by atoms with Crippen LogP contribution in [0.25, 0.3) is 0 Å². The van der Waals surface area contributed by atoms with Crippen LogP contribution in [0.1, 0.15) is 49.8 Å². The average molecular weight is 426 g/mol. The summed E-state index contributed by atoms with van der Waals surface area (Å²) in [6.45, 7) is 0. The van der Waals surface area contributed by atoms with Crippen LogP contribution in [-0.2, 0) is 12.8 Å². The molecule has 30 heavy (non-hydrogen) atoms. The van der Waals surface area contributed by atoms with E-state index >= 15 is 0 Å². The standard InChI is InChI=1S/C22H31N7S/c1-29(2)20-18-7-3-4-8-19(18)27-21(28-20)24-15-9-11-16(12-10-15)25-22(30)26-17-6-5-13-23-14-17/h5-6,13-16H,3-4,7-12H2,1-2H3,(H,24,27,28)(H2,25,26,30). The third-order valence-electron chi connectivity index (χ3n) is 5.90. The van der Waals surface area contributed by atoms with Crippen LogP contribution in [-0.4, -0.2) is 46.2 Å². The zero-order valence-electron chi connectivity index (χ0n) is 17.8. The first-order valence-corrected chi connectivity index (χ1v) is 11.3. The molecular formula is C22H31N7S. The van der Waals surface area contributed by atoms with Crippen LogP contribution >= 0.6 is 12.2 Å². The summed E-state index contributed by atoms with van der Waals surface area (Å²) >= 11 is 5.46. The number of rotatable bonds is 5.